The van der Waals surface area contributed by atoms with Gasteiger partial charge in [-0.3, -0.25) is 10.2 Å². The molecule has 11 heteroatoms. The zero-order valence-corrected chi connectivity index (χ0v) is 14.5. The largest absolute Gasteiger partial charge is 0.347 e. The number of hydrogen-bond acceptors (Lipinski definition) is 5. The predicted octanol–water partition coefficient (Wildman–Crippen LogP) is -0.443. The molecule has 1 heterocycles. The van der Waals surface area contributed by atoms with E-state index < -0.39 is 26.0 Å². The summed E-state index contributed by atoms with van der Waals surface area (Å²) < 4.78 is 51.1. The number of carbonyl (C=O) groups excluding carboxylic acids is 1. The van der Waals surface area contributed by atoms with E-state index in [1.165, 1.54) is 17.7 Å². The van der Waals surface area contributed by atoms with Crippen molar-refractivity contribution in [1.82, 2.24) is 19.5 Å². The zero-order chi connectivity index (χ0) is 18.0. The molecule has 0 aliphatic heterocycles. The molecular weight excluding hydrogens is 356 g/mol. The molecule has 24 heavy (non-hydrogen) atoms. The van der Waals surface area contributed by atoms with Gasteiger partial charge in [-0.1, -0.05) is 0 Å². The molecule has 0 aliphatic rings. The molecule has 0 saturated carbocycles. The van der Waals surface area contributed by atoms with Crippen molar-refractivity contribution < 1.29 is 21.6 Å². The van der Waals surface area contributed by atoms with Crippen molar-refractivity contribution in [1.29, 1.82) is 0 Å². The number of sulfonamides is 2. The first-order valence-electron chi connectivity index (χ1n) is 6.64. The number of hydrogen-bond donors (Lipinski definition) is 3. The van der Waals surface area contributed by atoms with E-state index in [0.717, 1.165) is 24.3 Å². The number of benzene rings is 1. The molecule has 1 aromatic heterocycles. The number of aromatic nitrogens is 1. The smallest absolute Gasteiger partial charge is 0.282 e. The molecule has 9 nitrogen and oxygen atoms in total. The molecule has 0 atom stereocenters. The zero-order valence-electron chi connectivity index (χ0n) is 12.8. The Morgan fingerprint density at radius 2 is 1.50 bits per heavy atom. The second-order valence-corrected chi connectivity index (χ2v) is 8.31. The van der Waals surface area contributed by atoms with Crippen LogP contribution in [0.4, 0.5) is 0 Å². The third-order valence-electron chi connectivity index (χ3n) is 3.19. The van der Waals surface area contributed by atoms with Gasteiger partial charge in [0.1, 0.15) is 5.69 Å². The van der Waals surface area contributed by atoms with Gasteiger partial charge in [-0.05, 0) is 43.4 Å². The van der Waals surface area contributed by atoms with Crippen molar-refractivity contribution in [3.05, 3.63) is 48.3 Å². The first-order chi connectivity index (χ1) is 11.2. The molecule has 0 aliphatic carbocycles. The normalized spacial score (nSPS) is 12.1. The van der Waals surface area contributed by atoms with Crippen LogP contribution in [0.1, 0.15) is 10.5 Å². The number of nitrogens with zero attached hydrogens (tertiary/aromatic N) is 1. The summed E-state index contributed by atoms with van der Waals surface area (Å²) in [5, 5.41) is 0. The van der Waals surface area contributed by atoms with E-state index in [2.05, 4.69) is 10.1 Å². The van der Waals surface area contributed by atoms with Crippen LogP contribution in [-0.4, -0.2) is 34.4 Å². The van der Waals surface area contributed by atoms with Gasteiger partial charge < -0.3 is 4.57 Å². The molecule has 0 fully saturated rings. The highest BCUT2D eigenvalue weighted by molar-refractivity contribution is 7.90. The summed E-state index contributed by atoms with van der Waals surface area (Å²) in [6.45, 7) is 0. The second-order valence-electron chi connectivity index (χ2n) is 4.74. The van der Waals surface area contributed by atoms with Gasteiger partial charge in [0.15, 0.2) is 0 Å². The minimum Gasteiger partial charge on any atom is -0.347 e. The molecule has 0 unspecified atom stereocenters. The van der Waals surface area contributed by atoms with Gasteiger partial charge in [-0.2, -0.15) is 0 Å². The number of aryl methyl sites for hydroxylation is 1. The van der Waals surface area contributed by atoms with E-state index in [9.17, 15) is 21.6 Å². The molecule has 2 rings (SSSR count). The molecule has 0 saturated heterocycles. The number of amides is 1. The van der Waals surface area contributed by atoms with Gasteiger partial charge in [0.2, 0.25) is 10.0 Å². The van der Waals surface area contributed by atoms with Crippen LogP contribution >= 0.6 is 0 Å². The van der Waals surface area contributed by atoms with Crippen molar-refractivity contribution in [2.45, 2.75) is 9.79 Å². The Kier molecular flexibility index (Phi) is 5.08. The molecule has 1 aromatic carbocycles. The summed E-state index contributed by atoms with van der Waals surface area (Å²) in [5.41, 5.74) is 2.36. The van der Waals surface area contributed by atoms with Crippen LogP contribution in [0, 0.1) is 0 Å². The van der Waals surface area contributed by atoms with Gasteiger partial charge >= 0.3 is 0 Å². The van der Waals surface area contributed by atoms with E-state index in [4.69, 9.17) is 0 Å². The lowest BCUT2D eigenvalue weighted by molar-refractivity contribution is 0.0937. The fourth-order valence-electron chi connectivity index (χ4n) is 1.85. The third kappa shape index (κ3) is 3.82. The Balaban J connectivity index is 2.13. The van der Waals surface area contributed by atoms with Crippen LogP contribution in [-0.2, 0) is 27.1 Å². The van der Waals surface area contributed by atoms with Crippen LogP contribution in [0.25, 0.3) is 0 Å². The van der Waals surface area contributed by atoms with E-state index in [0.29, 0.717) is 0 Å². The van der Waals surface area contributed by atoms with Crippen LogP contribution in [0.5, 0.6) is 0 Å². The summed E-state index contributed by atoms with van der Waals surface area (Å²) in [4.78, 5) is 13.6. The number of carbonyl (C=O) groups is 1. The fourth-order valence-corrected chi connectivity index (χ4v) is 3.42. The molecule has 0 spiro atoms. The fraction of sp³-hybridized carbons (Fsp3) is 0.154. The lowest BCUT2D eigenvalue weighted by Crippen LogP contribution is -2.42. The minimum atomic E-state index is -4.03. The van der Waals surface area contributed by atoms with E-state index >= 15 is 0 Å². The van der Waals surface area contributed by atoms with Crippen molar-refractivity contribution in [3.8, 4) is 0 Å². The van der Waals surface area contributed by atoms with Gasteiger partial charge in [0.05, 0.1) is 9.79 Å². The molecule has 1 amide bonds. The SMILES string of the molecule is CNS(=O)(=O)c1ccc(S(=O)(=O)NNC(=O)c2cccn2C)cc1. The monoisotopic (exact) mass is 372 g/mol. The lowest BCUT2D eigenvalue weighted by Gasteiger charge is -2.09. The highest BCUT2D eigenvalue weighted by Crippen LogP contribution is 2.13. The maximum absolute atomic E-state index is 12.1. The molecule has 3 N–H and O–H groups in total. The van der Waals surface area contributed by atoms with Crippen LogP contribution < -0.4 is 15.0 Å². The summed E-state index contributed by atoms with van der Waals surface area (Å²) in [6, 6.07) is 7.73. The average Bonchev–Trinajstić information content (AvgIpc) is 2.99. The third-order valence-corrected chi connectivity index (χ3v) is 5.88. The van der Waals surface area contributed by atoms with Crippen LogP contribution in [0.2, 0.25) is 0 Å². The Labute approximate surface area is 139 Å². The molecule has 0 bridgehead atoms. The van der Waals surface area contributed by atoms with Gasteiger partial charge in [-0.25, -0.2) is 21.6 Å². The highest BCUT2D eigenvalue weighted by Gasteiger charge is 2.18. The van der Waals surface area contributed by atoms with Gasteiger partial charge in [0.25, 0.3) is 15.9 Å². The van der Waals surface area contributed by atoms with Gasteiger partial charge in [-0.15, -0.1) is 4.83 Å². The molecule has 130 valence electrons. The van der Waals surface area contributed by atoms with E-state index in [-0.39, 0.29) is 15.5 Å². The quantitative estimate of drug-likeness (QED) is 0.593. The summed E-state index contributed by atoms with van der Waals surface area (Å²) >= 11 is 0. The number of nitrogens with one attached hydrogen (secondary N) is 3. The minimum absolute atomic E-state index is 0.0724. The molecule has 2 aromatic rings. The van der Waals surface area contributed by atoms with Gasteiger partial charge in [0, 0.05) is 13.2 Å². The predicted molar refractivity (Wildman–Crippen MR) is 85.9 cm³/mol. The van der Waals surface area contributed by atoms with E-state index in [1.54, 1.807) is 19.3 Å². The number of hydrazine groups is 1. The summed E-state index contributed by atoms with van der Waals surface area (Å²) in [6.07, 6.45) is 1.64. The molecular formula is C13H16N4O5S2. The van der Waals surface area contributed by atoms with Crippen molar-refractivity contribution >= 4 is 26.0 Å². The maximum Gasteiger partial charge on any atom is 0.282 e. The first kappa shape index (κ1) is 18.1. The Bertz CT molecular complexity index is 947. The molecule has 0 radical (unpaired) electrons. The lowest BCUT2D eigenvalue weighted by atomic mass is 10.4. The van der Waals surface area contributed by atoms with Crippen molar-refractivity contribution in [2.75, 3.05) is 7.05 Å². The van der Waals surface area contributed by atoms with Crippen LogP contribution in [0.15, 0.2) is 52.4 Å². The summed E-state index contributed by atoms with van der Waals surface area (Å²) in [7, 11) is -4.80. The summed E-state index contributed by atoms with van der Waals surface area (Å²) in [5.74, 6) is -0.625. The maximum atomic E-state index is 12.1. The Morgan fingerprint density at radius 3 is 1.96 bits per heavy atom. The topological polar surface area (TPSA) is 126 Å². The first-order valence-corrected chi connectivity index (χ1v) is 9.61. The average molecular weight is 372 g/mol. The van der Waals surface area contributed by atoms with Crippen molar-refractivity contribution in [2.24, 2.45) is 7.05 Å². The Hall–Kier alpha value is -2.21. The highest BCUT2D eigenvalue weighted by atomic mass is 32.2. The van der Waals surface area contributed by atoms with Crippen LogP contribution in [0.3, 0.4) is 0 Å². The van der Waals surface area contributed by atoms with Crippen molar-refractivity contribution in [3.63, 3.8) is 0 Å². The Morgan fingerprint density at radius 1 is 0.958 bits per heavy atom. The second kappa shape index (κ2) is 6.73. The number of rotatable bonds is 6. The van der Waals surface area contributed by atoms with E-state index in [1.807, 2.05) is 4.83 Å². The standard InChI is InChI=1S/C13H16N4O5S2/c1-14-23(19,20)10-5-7-11(8-6-10)24(21,22)16-15-13(18)12-4-3-9-17(12)2/h3-9,14,16H,1-2H3,(H,15,18).